The second-order valence-electron chi connectivity index (χ2n) is 4.62. The molecule has 0 aliphatic rings. The van der Waals surface area contributed by atoms with Crippen LogP contribution in [0.1, 0.15) is 25.8 Å². The van der Waals surface area contributed by atoms with Crippen molar-refractivity contribution in [1.82, 2.24) is 20.2 Å². The fraction of sp³-hybridized carbons (Fsp3) is 0.500. The molecule has 120 valence electrons. The molecule has 0 bridgehead atoms. The molecule has 0 aliphatic heterocycles. The van der Waals surface area contributed by atoms with Gasteiger partial charge in [-0.3, -0.25) is 0 Å². The first-order chi connectivity index (χ1) is 10.7. The second kappa shape index (κ2) is 7.84. The number of nitrogens with zero attached hydrogens (tertiary/aromatic N) is 4. The Kier molecular flexibility index (Phi) is 5.83. The maximum Gasteiger partial charge on any atom is 0.243 e. The van der Waals surface area contributed by atoms with Gasteiger partial charge in [-0.2, -0.15) is 0 Å². The highest BCUT2D eigenvalue weighted by Crippen LogP contribution is 2.36. The minimum absolute atomic E-state index is 0.512. The van der Waals surface area contributed by atoms with Crippen LogP contribution in [-0.4, -0.2) is 33.9 Å². The average Bonchev–Trinajstić information content (AvgIpc) is 2.93. The number of halogens is 1. The van der Waals surface area contributed by atoms with Gasteiger partial charge in [-0.05, 0) is 41.5 Å². The van der Waals surface area contributed by atoms with Gasteiger partial charge in [-0.15, -0.1) is 0 Å². The van der Waals surface area contributed by atoms with E-state index < -0.39 is 0 Å². The summed E-state index contributed by atoms with van der Waals surface area (Å²) < 4.78 is 12.6. The maximum absolute atomic E-state index is 6.23. The van der Waals surface area contributed by atoms with E-state index >= 15 is 0 Å². The summed E-state index contributed by atoms with van der Waals surface area (Å²) in [6, 6.07) is 3.74. The van der Waals surface area contributed by atoms with Gasteiger partial charge >= 0.3 is 0 Å². The van der Waals surface area contributed by atoms with Crippen LogP contribution in [0.25, 0.3) is 0 Å². The number of anilines is 1. The van der Waals surface area contributed by atoms with Gasteiger partial charge in [0.25, 0.3) is 0 Å². The van der Waals surface area contributed by atoms with E-state index in [9.17, 15) is 0 Å². The minimum Gasteiger partial charge on any atom is -0.491 e. The van der Waals surface area contributed by atoms with Crippen molar-refractivity contribution in [2.24, 2.45) is 0 Å². The zero-order valence-corrected chi connectivity index (χ0v) is 13.7. The molecule has 0 atom stereocenters. The van der Waals surface area contributed by atoms with Crippen LogP contribution in [0.2, 0.25) is 5.02 Å². The monoisotopic (exact) mass is 325 g/mol. The number of tetrazole rings is 1. The summed E-state index contributed by atoms with van der Waals surface area (Å²) >= 11 is 6.23. The highest BCUT2D eigenvalue weighted by atomic mass is 35.5. The molecule has 0 fully saturated rings. The summed E-state index contributed by atoms with van der Waals surface area (Å²) in [4.78, 5) is 0. The van der Waals surface area contributed by atoms with Crippen molar-refractivity contribution in [3.05, 3.63) is 22.7 Å². The molecule has 0 saturated carbocycles. The Morgan fingerprint density at radius 3 is 2.82 bits per heavy atom. The number of aromatic nitrogens is 4. The van der Waals surface area contributed by atoms with Gasteiger partial charge in [0.2, 0.25) is 5.95 Å². The standard InChI is InChI=1S/C14H20ClN5O2/c1-4-6-20-14(17-18-19-20)16-9-10-7-11(15)13(21-3)12(8-10)22-5-2/h7-8H,4-6,9H2,1-3H3,(H,16,17,19). The average molecular weight is 326 g/mol. The quantitative estimate of drug-likeness (QED) is 0.804. The molecule has 8 heteroatoms. The van der Waals surface area contributed by atoms with E-state index in [1.54, 1.807) is 11.8 Å². The van der Waals surface area contributed by atoms with E-state index in [2.05, 4.69) is 27.8 Å². The predicted molar refractivity (Wildman–Crippen MR) is 84.6 cm³/mol. The van der Waals surface area contributed by atoms with E-state index in [1.165, 1.54) is 0 Å². The third-order valence-corrected chi connectivity index (χ3v) is 3.27. The second-order valence-corrected chi connectivity index (χ2v) is 5.03. The van der Waals surface area contributed by atoms with Crippen molar-refractivity contribution in [1.29, 1.82) is 0 Å². The lowest BCUT2D eigenvalue weighted by Crippen LogP contribution is -2.09. The van der Waals surface area contributed by atoms with Gasteiger partial charge in [0.1, 0.15) is 0 Å². The summed E-state index contributed by atoms with van der Waals surface area (Å²) in [6.07, 6.45) is 0.961. The Morgan fingerprint density at radius 2 is 2.14 bits per heavy atom. The van der Waals surface area contributed by atoms with Crippen molar-refractivity contribution in [3.63, 3.8) is 0 Å². The largest absolute Gasteiger partial charge is 0.491 e. The fourth-order valence-corrected chi connectivity index (χ4v) is 2.37. The molecule has 1 heterocycles. The number of methoxy groups -OCH3 is 1. The Balaban J connectivity index is 2.14. The highest BCUT2D eigenvalue weighted by molar-refractivity contribution is 6.32. The van der Waals surface area contributed by atoms with Gasteiger partial charge in [-0.1, -0.05) is 23.6 Å². The van der Waals surface area contributed by atoms with Crippen LogP contribution < -0.4 is 14.8 Å². The summed E-state index contributed by atoms with van der Waals surface area (Å²) in [5.74, 6) is 1.80. The number of rotatable bonds is 8. The SMILES string of the molecule is CCCn1nnnc1NCc1cc(Cl)c(OC)c(OCC)c1. The zero-order chi connectivity index (χ0) is 15.9. The molecule has 0 amide bonds. The highest BCUT2D eigenvalue weighted by Gasteiger charge is 2.12. The first kappa shape index (κ1) is 16.4. The van der Waals surface area contributed by atoms with E-state index in [0.717, 1.165) is 18.5 Å². The molecule has 2 rings (SSSR count). The number of nitrogens with one attached hydrogen (secondary N) is 1. The normalized spacial score (nSPS) is 10.5. The third-order valence-electron chi connectivity index (χ3n) is 2.99. The first-order valence-electron chi connectivity index (χ1n) is 7.18. The summed E-state index contributed by atoms with van der Waals surface area (Å²) in [5, 5.41) is 15.3. The van der Waals surface area contributed by atoms with E-state index in [-0.39, 0.29) is 0 Å². The van der Waals surface area contributed by atoms with Crippen LogP contribution in [0, 0.1) is 0 Å². The topological polar surface area (TPSA) is 74.1 Å². The van der Waals surface area contributed by atoms with Gasteiger partial charge in [0, 0.05) is 13.1 Å². The molecule has 1 N–H and O–H groups in total. The van der Waals surface area contributed by atoms with Gasteiger partial charge in [-0.25, -0.2) is 4.68 Å². The molecule has 7 nitrogen and oxygen atoms in total. The van der Waals surface area contributed by atoms with Crippen LogP contribution in [0.4, 0.5) is 5.95 Å². The molecule has 0 saturated heterocycles. The number of benzene rings is 1. The van der Waals surface area contributed by atoms with Crippen molar-refractivity contribution in [2.45, 2.75) is 33.4 Å². The molecule has 22 heavy (non-hydrogen) atoms. The Labute approximate surface area is 134 Å². The number of ether oxygens (including phenoxy) is 2. The van der Waals surface area contributed by atoms with Crippen LogP contribution >= 0.6 is 11.6 Å². The van der Waals surface area contributed by atoms with E-state index in [0.29, 0.717) is 35.6 Å². The van der Waals surface area contributed by atoms with Crippen molar-refractivity contribution in [2.75, 3.05) is 19.0 Å². The van der Waals surface area contributed by atoms with Gasteiger partial charge in [0.05, 0.1) is 18.7 Å². The van der Waals surface area contributed by atoms with Crippen LogP contribution in [-0.2, 0) is 13.1 Å². The Bertz CT molecular complexity index is 617. The van der Waals surface area contributed by atoms with E-state index in [4.69, 9.17) is 21.1 Å². The third kappa shape index (κ3) is 3.79. The lowest BCUT2D eigenvalue weighted by molar-refractivity contribution is 0.310. The smallest absolute Gasteiger partial charge is 0.243 e. The van der Waals surface area contributed by atoms with Crippen LogP contribution in [0.5, 0.6) is 11.5 Å². The molecule has 0 radical (unpaired) electrons. The van der Waals surface area contributed by atoms with Crippen LogP contribution in [0.3, 0.4) is 0 Å². The lowest BCUT2D eigenvalue weighted by Gasteiger charge is -2.13. The summed E-state index contributed by atoms with van der Waals surface area (Å²) in [5.41, 5.74) is 0.959. The lowest BCUT2D eigenvalue weighted by atomic mass is 10.2. The molecule has 2 aromatic rings. The van der Waals surface area contributed by atoms with Crippen molar-refractivity contribution >= 4 is 17.5 Å². The maximum atomic E-state index is 6.23. The number of hydrogen-bond acceptors (Lipinski definition) is 6. The van der Waals surface area contributed by atoms with E-state index in [1.807, 2.05) is 19.1 Å². The fourth-order valence-electron chi connectivity index (χ4n) is 2.06. The van der Waals surface area contributed by atoms with Crippen molar-refractivity contribution < 1.29 is 9.47 Å². The van der Waals surface area contributed by atoms with Crippen molar-refractivity contribution in [3.8, 4) is 11.5 Å². The minimum atomic E-state index is 0.512. The zero-order valence-electron chi connectivity index (χ0n) is 13.0. The molecule has 1 aromatic carbocycles. The van der Waals surface area contributed by atoms with Crippen LogP contribution in [0.15, 0.2) is 12.1 Å². The molecular formula is C14H20ClN5O2. The molecule has 0 spiro atoms. The molecule has 0 unspecified atom stereocenters. The molecule has 1 aromatic heterocycles. The molecule has 0 aliphatic carbocycles. The Hall–Kier alpha value is -2.02. The van der Waals surface area contributed by atoms with Gasteiger partial charge in [0.15, 0.2) is 11.5 Å². The summed E-state index contributed by atoms with van der Waals surface area (Å²) in [7, 11) is 1.57. The summed E-state index contributed by atoms with van der Waals surface area (Å²) in [6.45, 7) is 5.83. The first-order valence-corrected chi connectivity index (χ1v) is 7.56. The van der Waals surface area contributed by atoms with Gasteiger partial charge < -0.3 is 14.8 Å². The predicted octanol–water partition coefficient (Wildman–Crippen LogP) is 2.76. The number of aryl methyl sites for hydroxylation is 1. The number of hydrogen-bond donors (Lipinski definition) is 1. The Morgan fingerprint density at radius 1 is 1.32 bits per heavy atom. The molecular weight excluding hydrogens is 306 g/mol.